The third kappa shape index (κ3) is 34.8. The van der Waals surface area contributed by atoms with E-state index in [0.29, 0.717) is 13.2 Å². The van der Waals surface area contributed by atoms with Gasteiger partial charge in [-0.3, -0.25) is 0 Å². The third-order valence-corrected chi connectivity index (χ3v) is 7.71. The minimum Gasteiger partial charge on any atom is -0.434 e. The van der Waals surface area contributed by atoms with E-state index in [4.69, 9.17) is 9.47 Å². The molecule has 40 heavy (non-hydrogen) atoms. The molecule has 0 aromatic heterocycles. The molecule has 0 aromatic carbocycles. The molecule has 0 aliphatic carbocycles. The van der Waals surface area contributed by atoms with Gasteiger partial charge >= 0.3 is 6.16 Å². The van der Waals surface area contributed by atoms with Crippen molar-refractivity contribution in [3.63, 3.8) is 0 Å². The molecule has 0 rings (SSSR count). The number of hydrogen-bond donors (Lipinski definition) is 0. The summed E-state index contributed by atoms with van der Waals surface area (Å²) < 4.78 is 10.4. The number of hydrogen-bond acceptors (Lipinski definition) is 3. The SMILES string of the molecule is CCCCC/C=C\C/C=C\CCCCCCCCOC(=O)OCCCCCCCCCCCCCCCC(C)C. The van der Waals surface area contributed by atoms with Gasteiger partial charge in [-0.2, -0.15) is 0 Å². The van der Waals surface area contributed by atoms with E-state index in [1.807, 2.05) is 0 Å². The van der Waals surface area contributed by atoms with Gasteiger partial charge in [-0.1, -0.05) is 167 Å². The van der Waals surface area contributed by atoms with Crippen LogP contribution in [0.3, 0.4) is 0 Å². The zero-order valence-electron chi connectivity index (χ0n) is 27.4. The van der Waals surface area contributed by atoms with Crippen LogP contribution in [-0.4, -0.2) is 19.4 Å². The van der Waals surface area contributed by atoms with Crippen LogP contribution in [0.5, 0.6) is 0 Å². The van der Waals surface area contributed by atoms with E-state index in [0.717, 1.165) is 38.0 Å². The highest BCUT2D eigenvalue weighted by Crippen LogP contribution is 2.14. The molecule has 0 aliphatic rings. The second-order valence-electron chi connectivity index (χ2n) is 12.3. The maximum Gasteiger partial charge on any atom is 0.508 e. The van der Waals surface area contributed by atoms with Crippen molar-refractivity contribution < 1.29 is 14.3 Å². The van der Waals surface area contributed by atoms with Crippen LogP contribution in [0.1, 0.15) is 188 Å². The van der Waals surface area contributed by atoms with Crippen LogP contribution < -0.4 is 0 Å². The van der Waals surface area contributed by atoms with Crippen molar-refractivity contribution in [1.82, 2.24) is 0 Å². The first-order valence-corrected chi connectivity index (χ1v) is 17.8. The van der Waals surface area contributed by atoms with Crippen molar-refractivity contribution in [1.29, 1.82) is 0 Å². The van der Waals surface area contributed by atoms with E-state index in [1.54, 1.807) is 0 Å². The van der Waals surface area contributed by atoms with Crippen molar-refractivity contribution in [3.8, 4) is 0 Å². The van der Waals surface area contributed by atoms with E-state index >= 15 is 0 Å². The van der Waals surface area contributed by atoms with Crippen molar-refractivity contribution in [3.05, 3.63) is 24.3 Å². The molecule has 0 heterocycles. The molecule has 0 amide bonds. The molecule has 0 saturated carbocycles. The highest BCUT2D eigenvalue weighted by atomic mass is 16.7. The van der Waals surface area contributed by atoms with Gasteiger partial charge in [-0.05, 0) is 50.9 Å². The van der Waals surface area contributed by atoms with E-state index in [9.17, 15) is 4.79 Å². The van der Waals surface area contributed by atoms with Gasteiger partial charge in [0, 0.05) is 0 Å². The lowest BCUT2D eigenvalue weighted by atomic mass is 10.0. The molecule has 0 bridgehead atoms. The van der Waals surface area contributed by atoms with Crippen LogP contribution in [0, 0.1) is 5.92 Å². The van der Waals surface area contributed by atoms with Crippen LogP contribution in [0.25, 0.3) is 0 Å². The number of carbonyl (C=O) groups is 1. The summed E-state index contributed by atoms with van der Waals surface area (Å²) >= 11 is 0. The van der Waals surface area contributed by atoms with Gasteiger partial charge in [0.25, 0.3) is 0 Å². The lowest BCUT2D eigenvalue weighted by Gasteiger charge is -2.07. The number of rotatable bonds is 31. The highest BCUT2D eigenvalue weighted by molar-refractivity contribution is 5.59. The fourth-order valence-corrected chi connectivity index (χ4v) is 5.04. The minimum absolute atomic E-state index is 0.484. The largest absolute Gasteiger partial charge is 0.508 e. The van der Waals surface area contributed by atoms with Crippen LogP contribution >= 0.6 is 0 Å². The maximum atomic E-state index is 11.7. The van der Waals surface area contributed by atoms with Crippen molar-refractivity contribution in [2.75, 3.05) is 13.2 Å². The Morgan fingerprint density at radius 2 is 0.875 bits per heavy atom. The van der Waals surface area contributed by atoms with Crippen molar-refractivity contribution in [2.24, 2.45) is 5.92 Å². The second-order valence-corrected chi connectivity index (χ2v) is 12.3. The molecule has 0 fully saturated rings. The molecule has 0 aromatic rings. The molecular formula is C37H70O3. The fraction of sp³-hybridized carbons (Fsp3) is 0.865. The van der Waals surface area contributed by atoms with Crippen molar-refractivity contribution >= 4 is 6.16 Å². The molecule has 0 saturated heterocycles. The highest BCUT2D eigenvalue weighted by Gasteiger charge is 2.03. The van der Waals surface area contributed by atoms with Gasteiger partial charge in [-0.25, -0.2) is 4.79 Å². The molecule has 3 heteroatoms. The van der Waals surface area contributed by atoms with Crippen molar-refractivity contribution in [2.45, 2.75) is 188 Å². The fourth-order valence-electron chi connectivity index (χ4n) is 5.04. The van der Waals surface area contributed by atoms with Gasteiger partial charge in [0.1, 0.15) is 0 Å². The molecule has 0 radical (unpaired) electrons. The summed E-state index contributed by atoms with van der Waals surface area (Å²) in [5.41, 5.74) is 0. The number of ether oxygens (including phenoxy) is 2. The summed E-state index contributed by atoms with van der Waals surface area (Å²) in [6, 6.07) is 0. The van der Waals surface area contributed by atoms with Gasteiger partial charge in [-0.15, -0.1) is 0 Å². The first-order valence-electron chi connectivity index (χ1n) is 17.8. The Labute approximate surface area is 251 Å². The third-order valence-electron chi connectivity index (χ3n) is 7.71. The average Bonchev–Trinajstić information content (AvgIpc) is 2.94. The molecule has 3 nitrogen and oxygen atoms in total. The second kappa shape index (κ2) is 34.0. The smallest absolute Gasteiger partial charge is 0.434 e. The first-order chi connectivity index (χ1) is 19.7. The lowest BCUT2D eigenvalue weighted by molar-refractivity contribution is 0.0529. The van der Waals surface area contributed by atoms with Gasteiger partial charge < -0.3 is 9.47 Å². The molecule has 0 N–H and O–H groups in total. The molecule has 0 unspecified atom stereocenters. The minimum atomic E-state index is -0.484. The van der Waals surface area contributed by atoms with Gasteiger partial charge in [0.2, 0.25) is 0 Å². The standard InChI is InChI=1S/C37H70O3/c1-4-5-6-7-8-9-10-11-12-13-16-19-22-25-28-31-34-39-37(38)40-35-32-29-26-23-20-17-14-15-18-21-24-27-30-33-36(2)3/h8-9,11-12,36H,4-7,10,13-35H2,1-3H3/b9-8-,12-11-. The summed E-state index contributed by atoms with van der Waals surface area (Å²) in [4.78, 5) is 11.7. The Morgan fingerprint density at radius 1 is 0.500 bits per heavy atom. The molecule has 0 aliphatic heterocycles. The monoisotopic (exact) mass is 563 g/mol. The Kier molecular flexibility index (Phi) is 32.9. The molecule has 0 spiro atoms. The average molecular weight is 563 g/mol. The maximum absolute atomic E-state index is 11.7. The quantitative estimate of drug-likeness (QED) is 0.0479. The Bertz CT molecular complexity index is 552. The van der Waals surface area contributed by atoms with E-state index in [1.165, 1.54) is 135 Å². The summed E-state index contributed by atoms with van der Waals surface area (Å²) in [6.07, 6.45) is 42.1. The Morgan fingerprint density at radius 3 is 1.30 bits per heavy atom. The van der Waals surface area contributed by atoms with Gasteiger partial charge in [0.05, 0.1) is 13.2 Å². The van der Waals surface area contributed by atoms with E-state index in [2.05, 4.69) is 45.1 Å². The predicted octanol–water partition coefficient (Wildman–Crippen LogP) is 13.1. The van der Waals surface area contributed by atoms with Crippen LogP contribution in [0.2, 0.25) is 0 Å². The molecular weight excluding hydrogens is 492 g/mol. The summed E-state index contributed by atoms with van der Waals surface area (Å²) in [5, 5.41) is 0. The van der Waals surface area contributed by atoms with Gasteiger partial charge in [0.15, 0.2) is 0 Å². The van der Waals surface area contributed by atoms with Crippen LogP contribution in [0.15, 0.2) is 24.3 Å². The zero-order valence-corrected chi connectivity index (χ0v) is 27.4. The molecule has 0 atom stereocenters. The number of unbranched alkanes of at least 4 members (excludes halogenated alkanes) is 21. The first kappa shape index (κ1) is 38.8. The Hall–Kier alpha value is -1.25. The van der Waals surface area contributed by atoms with Crippen LogP contribution in [0.4, 0.5) is 4.79 Å². The number of carbonyl (C=O) groups excluding carboxylic acids is 1. The number of allylic oxidation sites excluding steroid dienone is 4. The summed E-state index contributed by atoms with van der Waals surface area (Å²) in [6.45, 7) is 7.89. The topological polar surface area (TPSA) is 35.5 Å². The molecule has 236 valence electrons. The Balaban J connectivity index is 3.22. The normalized spacial score (nSPS) is 11.8. The van der Waals surface area contributed by atoms with Crippen LogP contribution in [-0.2, 0) is 9.47 Å². The summed E-state index contributed by atoms with van der Waals surface area (Å²) in [5.74, 6) is 0.866. The zero-order chi connectivity index (χ0) is 29.2. The van der Waals surface area contributed by atoms with E-state index in [-0.39, 0.29) is 0 Å². The summed E-state index contributed by atoms with van der Waals surface area (Å²) in [7, 11) is 0. The van der Waals surface area contributed by atoms with E-state index < -0.39 is 6.16 Å². The predicted molar refractivity (Wildman–Crippen MR) is 176 cm³/mol. The lowest BCUT2D eigenvalue weighted by Crippen LogP contribution is -2.09.